The summed E-state index contributed by atoms with van der Waals surface area (Å²) in [5, 5.41) is 11.7. The van der Waals surface area contributed by atoms with Crippen LogP contribution in [0.1, 0.15) is 32.6 Å². The predicted octanol–water partition coefficient (Wildman–Crippen LogP) is 0.702. The zero-order valence-corrected chi connectivity index (χ0v) is 12.4. The van der Waals surface area contributed by atoms with Gasteiger partial charge in [0.1, 0.15) is 0 Å². The third-order valence-electron chi connectivity index (χ3n) is 4.32. The topological polar surface area (TPSA) is 82.2 Å². The first-order valence-electron chi connectivity index (χ1n) is 6.77. The molecule has 3 N–H and O–H groups in total. The third-order valence-corrected chi connectivity index (χ3v) is 4.32. The van der Waals surface area contributed by atoms with Crippen molar-refractivity contribution in [1.29, 1.82) is 0 Å². The lowest BCUT2D eigenvalue weighted by Gasteiger charge is -2.49. The molecule has 1 fully saturated rings. The molecule has 1 atom stereocenters. The van der Waals surface area contributed by atoms with Crippen molar-refractivity contribution in [3.05, 3.63) is 0 Å². The highest BCUT2D eigenvalue weighted by Gasteiger charge is 2.41. The second kappa shape index (κ2) is 6.23. The molecule has 0 aromatic carbocycles. The number of carbonyl (C=O) groups excluding carboxylic acids is 1. The van der Waals surface area contributed by atoms with Gasteiger partial charge in [0, 0.05) is 19.1 Å². The van der Waals surface area contributed by atoms with Gasteiger partial charge in [-0.3, -0.25) is 4.79 Å². The van der Waals surface area contributed by atoms with E-state index in [2.05, 4.69) is 24.2 Å². The molecule has 110 valence electrons. The average molecular weight is 270 g/mol. The number of hydrogen-bond acceptors (Lipinski definition) is 4. The summed E-state index contributed by atoms with van der Waals surface area (Å²) in [7, 11) is 5.90. The van der Waals surface area contributed by atoms with Crippen LogP contribution in [0.2, 0.25) is 0 Å². The SMILES string of the molecule is CCC(C(=O)N(C)CC1(N(C)C)CCC1)C(N)=NO. The van der Waals surface area contributed by atoms with Crippen LogP contribution in [0.5, 0.6) is 0 Å². The van der Waals surface area contributed by atoms with Crippen LogP contribution in [0.25, 0.3) is 0 Å². The molecule has 6 nitrogen and oxygen atoms in total. The van der Waals surface area contributed by atoms with E-state index in [9.17, 15) is 4.79 Å². The van der Waals surface area contributed by atoms with Crippen molar-refractivity contribution in [3.8, 4) is 0 Å². The van der Waals surface area contributed by atoms with Crippen molar-refractivity contribution in [2.45, 2.75) is 38.1 Å². The fourth-order valence-electron chi connectivity index (χ4n) is 2.70. The van der Waals surface area contributed by atoms with Crippen LogP contribution in [-0.2, 0) is 4.79 Å². The van der Waals surface area contributed by atoms with Crippen molar-refractivity contribution < 1.29 is 10.0 Å². The number of nitrogens with two attached hydrogens (primary N) is 1. The Hall–Kier alpha value is -1.30. The summed E-state index contributed by atoms with van der Waals surface area (Å²) in [6.45, 7) is 2.55. The van der Waals surface area contributed by atoms with Crippen LogP contribution in [-0.4, -0.2) is 60.0 Å². The van der Waals surface area contributed by atoms with Crippen LogP contribution < -0.4 is 5.73 Å². The molecule has 0 radical (unpaired) electrons. The van der Waals surface area contributed by atoms with Gasteiger partial charge in [0.15, 0.2) is 5.84 Å². The van der Waals surface area contributed by atoms with Crippen molar-refractivity contribution >= 4 is 11.7 Å². The Morgan fingerprint density at radius 3 is 2.32 bits per heavy atom. The molecule has 0 aliphatic heterocycles. The number of amidine groups is 1. The maximum Gasteiger partial charge on any atom is 0.233 e. The van der Waals surface area contributed by atoms with E-state index in [4.69, 9.17) is 10.9 Å². The second-order valence-electron chi connectivity index (χ2n) is 5.65. The van der Waals surface area contributed by atoms with Crippen LogP contribution in [0.3, 0.4) is 0 Å². The second-order valence-corrected chi connectivity index (χ2v) is 5.65. The first-order valence-corrected chi connectivity index (χ1v) is 6.77. The lowest BCUT2D eigenvalue weighted by Crippen LogP contribution is -2.58. The average Bonchev–Trinajstić information content (AvgIpc) is 2.33. The molecule has 1 rings (SSSR count). The number of rotatable bonds is 6. The monoisotopic (exact) mass is 270 g/mol. The van der Waals surface area contributed by atoms with E-state index in [1.807, 2.05) is 6.92 Å². The lowest BCUT2D eigenvalue weighted by molar-refractivity contribution is -0.135. The Morgan fingerprint density at radius 1 is 1.42 bits per heavy atom. The molecule has 1 aliphatic rings. The standard InChI is InChI=1S/C13H26N4O2/c1-5-10(11(14)15-19)12(18)17(4)9-13(16(2)3)7-6-8-13/h10,19H,5-9H2,1-4H3,(H2,14,15). The summed E-state index contributed by atoms with van der Waals surface area (Å²) < 4.78 is 0. The molecule has 0 aromatic heterocycles. The molecule has 1 unspecified atom stereocenters. The van der Waals surface area contributed by atoms with E-state index in [-0.39, 0.29) is 17.3 Å². The largest absolute Gasteiger partial charge is 0.409 e. The van der Waals surface area contributed by atoms with Crippen LogP contribution in [0.4, 0.5) is 0 Å². The van der Waals surface area contributed by atoms with E-state index in [0.29, 0.717) is 13.0 Å². The number of likely N-dealkylation sites (N-methyl/N-ethyl adjacent to an activating group) is 2. The summed E-state index contributed by atoms with van der Waals surface area (Å²) >= 11 is 0. The summed E-state index contributed by atoms with van der Waals surface area (Å²) in [5.74, 6) is -0.618. The van der Waals surface area contributed by atoms with E-state index in [0.717, 1.165) is 12.8 Å². The normalized spacial score (nSPS) is 19.9. The van der Waals surface area contributed by atoms with Gasteiger partial charge in [-0.2, -0.15) is 0 Å². The smallest absolute Gasteiger partial charge is 0.233 e. The van der Waals surface area contributed by atoms with Gasteiger partial charge in [-0.15, -0.1) is 0 Å². The number of hydrogen-bond donors (Lipinski definition) is 2. The summed E-state index contributed by atoms with van der Waals surface area (Å²) in [4.78, 5) is 16.3. The van der Waals surface area contributed by atoms with Gasteiger partial charge in [0.2, 0.25) is 5.91 Å². The third kappa shape index (κ3) is 3.18. The van der Waals surface area contributed by atoms with E-state index in [1.165, 1.54) is 6.42 Å². The van der Waals surface area contributed by atoms with Crippen molar-refractivity contribution in [2.24, 2.45) is 16.8 Å². The molecule has 6 heteroatoms. The molecule has 1 saturated carbocycles. The molecule has 19 heavy (non-hydrogen) atoms. The highest BCUT2D eigenvalue weighted by Crippen LogP contribution is 2.36. The molecular formula is C13H26N4O2. The Morgan fingerprint density at radius 2 is 2.00 bits per heavy atom. The minimum atomic E-state index is -0.533. The Bertz CT molecular complexity index is 351. The number of carbonyl (C=O) groups is 1. The summed E-state index contributed by atoms with van der Waals surface area (Å²) in [6, 6.07) is 0. The molecule has 1 aliphatic carbocycles. The zero-order chi connectivity index (χ0) is 14.6. The molecule has 0 heterocycles. The van der Waals surface area contributed by atoms with Gasteiger partial charge in [-0.05, 0) is 39.8 Å². The number of amides is 1. The van der Waals surface area contributed by atoms with Gasteiger partial charge < -0.3 is 20.7 Å². The van der Waals surface area contributed by atoms with Gasteiger partial charge in [0.25, 0.3) is 0 Å². The molecule has 0 bridgehead atoms. The van der Waals surface area contributed by atoms with Crippen LogP contribution in [0, 0.1) is 5.92 Å². The highest BCUT2D eigenvalue weighted by molar-refractivity contribution is 6.01. The fraction of sp³-hybridized carbons (Fsp3) is 0.846. The van der Waals surface area contributed by atoms with Gasteiger partial charge in [0.05, 0.1) is 5.92 Å². The first kappa shape index (κ1) is 15.8. The van der Waals surface area contributed by atoms with E-state index in [1.54, 1.807) is 11.9 Å². The summed E-state index contributed by atoms with van der Waals surface area (Å²) in [5.41, 5.74) is 5.67. The van der Waals surface area contributed by atoms with Gasteiger partial charge >= 0.3 is 0 Å². The van der Waals surface area contributed by atoms with Crippen LogP contribution >= 0.6 is 0 Å². The maximum atomic E-state index is 12.4. The summed E-state index contributed by atoms with van der Waals surface area (Å²) in [6.07, 6.45) is 3.96. The van der Waals surface area contributed by atoms with Crippen molar-refractivity contribution in [1.82, 2.24) is 9.80 Å². The van der Waals surface area contributed by atoms with Gasteiger partial charge in [-0.25, -0.2) is 0 Å². The van der Waals surface area contributed by atoms with Gasteiger partial charge in [-0.1, -0.05) is 12.1 Å². The van der Waals surface area contributed by atoms with Crippen molar-refractivity contribution in [3.63, 3.8) is 0 Å². The lowest BCUT2D eigenvalue weighted by atomic mass is 9.75. The first-order chi connectivity index (χ1) is 8.88. The number of nitrogens with zero attached hydrogens (tertiary/aromatic N) is 3. The molecule has 0 aromatic rings. The van der Waals surface area contributed by atoms with Crippen molar-refractivity contribution in [2.75, 3.05) is 27.7 Å². The van der Waals surface area contributed by atoms with Crippen LogP contribution in [0.15, 0.2) is 5.16 Å². The Labute approximate surface area is 115 Å². The number of oxime groups is 1. The van der Waals surface area contributed by atoms with E-state index >= 15 is 0 Å². The quantitative estimate of drug-likeness (QED) is 0.322. The minimum Gasteiger partial charge on any atom is -0.409 e. The highest BCUT2D eigenvalue weighted by atomic mass is 16.4. The molecular weight excluding hydrogens is 244 g/mol. The molecule has 0 saturated heterocycles. The fourth-order valence-corrected chi connectivity index (χ4v) is 2.70. The maximum absolute atomic E-state index is 12.4. The minimum absolute atomic E-state index is 0.00753. The molecule has 0 spiro atoms. The van der Waals surface area contributed by atoms with E-state index < -0.39 is 5.92 Å². The predicted molar refractivity (Wildman–Crippen MR) is 75.1 cm³/mol. The molecule has 1 amide bonds. The Kier molecular flexibility index (Phi) is 5.17. The zero-order valence-electron chi connectivity index (χ0n) is 12.4. The Balaban J connectivity index is 2.71.